The van der Waals surface area contributed by atoms with Crippen molar-refractivity contribution in [1.82, 2.24) is 0 Å². The van der Waals surface area contributed by atoms with E-state index < -0.39 is 0 Å². The summed E-state index contributed by atoms with van der Waals surface area (Å²) in [5, 5.41) is 0. The van der Waals surface area contributed by atoms with Crippen LogP contribution >= 0.6 is 0 Å². The quantitative estimate of drug-likeness (QED) is 0.573. The highest BCUT2D eigenvalue weighted by Gasteiger charge is 2.21. The van der Waals surface area contributed by atoms with Gasteiger partial charge < -0.3 is 0 Å². The van der Waals surface area contributed by atoms with Crippen molar-refractivity contribution in [3.8, 4) is 0 Å². The summed E-state index contributed by atoms with van der Waals surface area (Å²) in [6.07, 6.45) is 12.3. The molecule has 0 aromatic heterocycles. The first kappa shape index (κ1) is 15.3. The maximum Gasteiger partial charge on any atom is 0.0897 e. The van der Waals surface area contributed by atoms with E-state index in [9.17, 15) is 4.39 Å². The third kappa shape index (κ3) is 4.47. The first-order chi connectivity index (χ1) is 9.83. The average Bonchev–Trinajstić information content (AvgIpc) is 2.49. The lowest BCUT2D eigenvalue weighted by Crippen LogP contribution is -2.13. The van der Waals surface area contributed by atoms with Crippen LogP contribution < -0.4 is 0 Å². The van der Waals surface area contributed by atoms with Crippen molar-refractivity contribution < 1.29 is 4.39 Å². The number of allylic oxidation sites excluding steroid dienone is 2. The van der Waals surface area contributed by atoms with Crippen LogP contribution in [0, 0.1) is 5.92 Å². The Morgan fingerprint density at radius 3 is 2.40 bits per heavy atom. The lowest BCUT2D eigenvalue weighted by atomic mass is 9.77. The maximum absolute atomic E-state index is 12.4. The summed E-state index contributed by atoms with van der Waals surface area (Å²) in [7, 11) is 0. The van der Waals surface area contributed by atoms with Crippen LogP contribution in [-0.4, -0.2) is 6.67 Å². The molecule has 1 fully saturated rings. The van der Waals surface area contributed by atoms with Crippen LogP contribution in [0.1, 0.15) is 62.5 Å². The second-order valence-corrected chi connectivity index (χ2v) is 6.04. The molecule has 1 aromatic carbocycles. The normalized spacial score (nSPS) is 23.3. The maximum atomic E-state index is 12.4. The van der Waals surface area contributed by atoms with E-state index in [1.807, 2.05) is 0 Å². The fourth-order valence-electron chi connectivity index (χ4n) is 3.31. The van der Waals surface area contributed by atoms with Crippen molar-refractivity contribution in [2.75, 3.05) is 6.67 Å². The Morgan fingerprint density at radius 1 is 1.10 bits per heavy atom. The van der Waals surface area contributed by atoms with Crippen molar-refractivity contribution in [3.05, 3.63) is 47.5 Å². The van der Waals surface area contributed by atoms with Crippen LogP contribution in [0.25, 0.3) is 0 Å². The largest absolute Gasteiger partial charge is 0.251 e. The van der Waals surface area contributed by atoms with E-state index in [0.29, 0.717) is 11.8 Å². The van der Waals surface area contributed by atoms with Crippen LogP contribution in [0.5, 0.6) is 0 Å². The van der Waals surface area contributed by atoms with Gasteiger partial charge in [0.05, 0.1) is 6.67 Å². The van der Waals surface area contributed by atoms with E-state index in [4.69, 9.17) is 0 Å². The number of hydrogen-bond acceptors (Lipinski definition) is 0. The molecule has 0 radical (unpaired) electrons. The molecule has 0 saturated heterocycles. The third-order valence-corrected chi connectivity index (χ3v) is 4.65. The smallest absolute Gasteiger partial charge is 0.0897 e. The van der Waals surface area contributed by atoms with Gasteiger partial charge in [-0.05, 0) is 74.8 Å². The van der Waals surface area contributed by atoms with Crippen molar-refractivity contribution in [3.63, 3.8) is 0 Å². The van der Waals surface area contributed by atoms with Crippen molar-refractivity contribution in [2.45, 2.75) is 57.8 Å². The molecule has 0 bridgehead atoms. The van der Waals surface area contributed by atoms with Crippen LogP contribution in [0.3, 0.4) is 0 Å². The van der Waals surface area contributed by atoms with Gasteiger partial charge in [-0.15, -0.1) is 0 Å². The molecule has 2 rings (SSSR count). The highest BCUT2D eigenvalue weighted by Crippen LogP contribution is 2.37. The molecule has 0 nitrogen and oxygen atoms in total. The average molecular weight is 274 g/mol. The Labute approximate surface area is 123 Å². The number of benzene rings is 1. The van der Waals surface area contributed by atoms with Gasteiger partial charge in [0.15, 0.2) is 0 Å². The summed E-state index contributed by atoms with van der Waals surface area (Å²) in [4.78, 5) is 0. The summed E-state index contributed by atoms with van der Waals surface area (Å²) in [6.45, 7) is 1.93. The topological polar surface area (TPSA) is 0 Å². The zero-order valence-corrected chi connectivity index (χ0v) is 12.7. The standard InChI is InChI=1S/C19H27F/c1-2-3-4-5-16-6-10-18(11-7-16)19-12-8-17(9-13-19)14-15-20/h2-3,6-7,10-11,17,19H,4-5,8-9,12-15H2,1H3/b3-2+. The molecule has 0 atom stereocenters. The zero-order chi connectivity index (χ0) is 14.2. The van der Waals surface area contributed by atoms with Crippen LogP contribution in [0.4, 0.5) is 4.39 Å². The fraction of sp³-hybridized carbons (Fsp3) is 0.579. The van der Waals surface area contributed by atoms with E-state index in [-0.39, 0.29) is 6.67 Å². The Hall–Kier alpha value is -1.11. The summed E-state index contributed by atoms with van der Waals surface area (Å²) in [5.74, 6) is 1.34. The monoisotopic (exact) mass is 274 g/mol. The zero-order valence-electron chi connectivity index (χ0n) is 12.7. The molecule has 110 valence electrons. The fourth-order valence-corrected chi connectivity index (χ4v) is 3.31. The number of hydrogen-bond donors (Lipinski definition) is 0. The minimum Gasteiger partial charge on any atom is -0.251 e. The molecule has 1 saturated carbocycles. The molecule has 1 aliphatic rings. The molecule has 20 heavy (non-hydrogen) atoms. The van der Waals surface area contributed by atoms with Crippen LogP contribution in [-0.2, 0) is 6.42 Å². The predicted octanol–water partition coefficient (Wildman–Crippen LogP) is 5.83. The lowest BCUT2D eigenvalue weighted by Gasteiger charge is -2.28. The SMILES string of the molecule is C/C=C/CCc1ccc(C2CCC(CCF)CC2)cc1. The van der Waals surface area contributed by atoms with Crippen molar-refractivity contribution >= 4 is 0 Å². The molecule has 1 aliphatic carbocycles. The lowest BCUT2D eigenvalue weighted by molar-refractivity contribution is 0.283. The Balaban J connectivity index is 1.84. The molecule has 1 aromatic rings. The molecule has 0 heterocycles. The van der Waals surface area contributed by atoms with Crippen LogP contribution in [0.15, 0.2) is 36.4 Å². The highest BCUT2D eigenvalue weighted by atomic mass is 19.1. The van der Waals surface area contributed by atoms with Gasteiger partial charge >= 0.3 is 0 Å². The molecule has 0 unspecified atom stereocenters. The summed E-state index contributed by atoms with van der Waals surface area (Å²) >= 11 is 0. The highest BCUT2D eigenvalue weighted by molar-refractivity contribution is 5.26. The van der Waals surface area contributed by atoms with Crippen molar-refractivity contribution in [1.29, 1.82) is 0 Å². The molecule has 0 spiro atoms. The summed E-state index contributed by atoms with van der Waals surface area (Å²) in [6, 6.07) is 9.19. The second-order valence-electron chi connectivity index (χ2n) is 6.04. The summed E-state index contributed by atoms with van der Waals surface area (Å²) in [5.41, 5.74) is 2.91. The first-order valence-corrected chi connectivity index (χ1v) is 8.09. The first-order valence-electron chi connectivity index (χ1n) is 8.09. The van der Waals surface area contributed by atoms with E-state index in [1.54, 1.807) is 0 Å². The second kappa shape index (κ2) is 8.24. The number of rotatable bonds is 6. The molecule has 0 N–H and O–H groups in total. The molecular weight excluding hydrogens is 247 g/mol. The number of aryl methyl sites for hydroxylation is 1. The van der Waals surface area contributed by atoms with Gasteiger partial charge in [-0.25, -0.2) is 0 Å². The van der Waals surface area contributed by atoms with Gasteiger partial charge in [0.1, 0.15) is 0 Å². The van der Waals surface area contributed by atoms with Gasteiger partial charge in [0.2, 0.25) is 0 Å². The van der Waals surface area contributed by atoms with E-state index >= 15 is 0 Å². The van der Waals surface area contributed by atoms with Crippen molar-refractivity contribution in [2.24, 2.45) is 5.92 Å². The van der Waals surface area contributed by atoms with Gasteiger partial charge in [0, 0.05) is 0 Å². The van der Waals surface area contributed by atoms with E-state index in [2.05, 4.69) is 43.3 Å². The Bertz CT molecular complexity index is 396. The number of halogens is 1. The minimum atomic E-state index is -0.143. The van der Waals surface area contributed by atoms with Gasteiger partial charge in [-0.3, -0.25) is 4.39 Å². The molecule has 0 amide bonds. The number of alkyl halides is 1. The Kier molecular flexibility index (Phi) is 6.29. The minimum absolute atomic E-state index is 0.143. The van der Waals surface area contributed by atoms with E-state index in [0.717, 1.165) is 19.3 Å². The van der Waals surface area contributed by atoms with Gasteiger partial charge in [-0.1, -0.05) is 36.4 Å². The van der Waals surface area contributed by atoms with Crippen LogP contribution in [0.2, 0.25) is 0 Å². The predicted molar refractivity (Wildman–Crippen MR) is 84.9 cm³/mol. The van der Waals surface area contributed by atoms with E-state index in [1.165, 1.54) is 36.8 Å². The molecular formula is C19H27F. The summed E-state index contributed by atoms with van der Waals surface area (Å²) < 4.78 is 12.4. The third-order valence-electron chi connectivity index (χ3n) is 4.65. The molecule has 1 heteroatoms. The molecule has 0 aliphatic heterocycles. The van der Waals surface area contributed by atoms with Gasteiger partial charge in [-0.2, -0.15) is 0 Å². The van der Waals surface area contributed by atoms with Gasteiger partial charge in [0.25, 0.3) is 0 Å². The Morgan fingerprint density at radius 2 is 1.80 bits per heavy atom.